The van der Waals surface area contributed by atoms with Crippen molar-refractivity contribution in [2.45, 2.75) is 33.1 Å². The van der Waals surface area contributed by atoms with E-state index in [9.17, 15) is 4.79 Å². The zero-order valence-electron chi connectivity index (χ0n) is 11.4. The van der Waals surface area contributed by atoms with Crippen molar-refractivity contribution < 1.29 is 4.79 Å². The summed E-state index contributed by atoms with van der Waals surface area (Å²) in [4.78, 5) is 13.9. The predicted octanol–water partition coefficient (Wildman–Crippen LogP) is 3.55. The van der Waals surface area contributed by atoms with Crippen LogP contribution in [-0.2, 0) is 0 Å². The Kier molecular flexibility index (Phi) is 7.67. The molecule has 0 aromatic heterocycles. The quantitative estimate of drug-likeness (QED) is 0.834. The van der Waals surface area contributed by atoms with Gasteiger partial charge in [0, 0.05) is 13.1 Å². The van der Waals surface area contributed by atoms with E-state index in [1.54, 1.807) is 0 Å². The molecule has 1 aliphatic heterocycles. The molecule has 1 aromatic rings. The summed E-state index contributed by atoms with van der Waals surface area (Å²) in [6.45, 7) is 6.07. The summed E-state index contributed by atoms with van der Waals surface area (Å²) in [7, 11) is 0. The number of nitrogens with zero attached hydrogens (tertiary/aromatic N) is 1. The minimum absolute atomic E-state index is 0. The van der Waals surface area contributed by atoms with E-state index in [0.717, 1.165) is 29.9 Å². The lowest BCUT2D eigenvalue weighted by Crippen LogP contribution is -2.32. The third kappa shape index (κ3) is 3.96. The number of amides is 1. The van der Waals surface area contributed by atoms with Crippen LogP contribution in [0.1, 0.15) is 40.7 Å². The molecule has 1 fully saturated rings. The van der Waals surface area contributed by atoms with Crippen LogP contribution in [0.4, 0.5) is 5.69 Å². The lowest BCUT2D eigenvalue weighted by atomic mass is 9.99. The van der Waals surface area contributed by atoms with Crippen molar-refractivity contribution in [2.24, 2.45) is 5.73 Å². The summed E-state index contributed by atoms with van der Waals surface area (Å²) in [5.41, 5.74) is 9.40. The van der Waals surface area contributed by atoms with Crippen molar-refractivity contribution >= 4 is 45.6 Å². The molecule has 1 saturated heterocycles. The molecule has 1 amide bonds. The number of carbonyl (C=O) groups is 1. The number of piperidine rings is 1. The van der Waals surface area contributed by atoms with Gasteiger partial charge >= 0.3 is 0 Å². The van der Waals surface area contributed by atoms with Crippen molar-refractivity contribution in [1.82, 2.24) is 0 Å². The lowest BCUT2D eigenvalue weighted by molar-refractivity contribution is 0.1000. The number of halogens is 2. The fraction of sp³-hybridized carbons (Fsp3) is 0.500. The first-order chi connectivity index (χ1) is 8.11. The number of carbonyl (C=O) groups excluding carboxylic acids is 1. The molecule has 2 N–H and O–H groups in total. The van der Waals surface area contributed by atoms with Gasteiger partial charge in [0.15, 0.2) is 0 Å². The van der Waals surface area contributed by atoms with Gasteiger partial charge in [-0.2, -0.15) is 0 Å². The first-order valence-electron chi connectivity index (χ1n) is 6.26. The number of aryl methyl sites for hydroxylation is 2. The third-order valence-corrected chi connectivity index (χ3v) is 3.51. The number of anilines is 1. The highest BCUT2D eigenvalue weighted by Crippen LogP contribution is 2.30. The standard InChI is InChI=1S/C14H20N2O.2BrH/c1-10-6-7-11(2)13(12(10)14(15)17)16-8-4-3-5-9-16;;/h6-7H,3-5,8-9H2,1-2H3,(H2,15,17);2*1H. The molecule has 0 radical (unpaired) electrons. The van der Waals surface area contributed by atoms with E-state index in [1.807, 2.05) is 13.0 Å². The largest absolute Gasteiger partial charge is 0.371 e. The molecule has 19 heavy (non-hydrogen) atoms. The van der Waals surface area contributed by atoms with Crippen molar-refractivity contribution in [1.29, 1.82) is 0 Å². The van der Waals surface area contributed by atoms with Crippen molar-refractivity contribution in [3.05, 3.63) is 28.8 Å². The van der Waals surface area contributed by atoms with Crippen molar-refractivity contribution in [2.75, 3.05) is 18.0 Å². The molecule has 0 atom stereocenters. The Bertz CT molecular complexity index is 443. The second-order valence-electron chi connectivity index (χ2n) is 4.83. The van der Waals surface area contributed by atoms with Gasteiger partial charge in [-0.15, -0.1) is 34.0 Å². The van der Waals surface area contributed by atoms with Crippen LogP contribution < -0.4 is 10.6 Å². The van der Waals surface area contributed by atoms with Crippen LogP contribution in [0.2, 0.25) is 0 Å². The number of benzene rings is 1. The molecule has 1 aliphatic rings. The summed E-state index contributed by atoms with van der Waals surface area (Å²) in [6.07, 6.45) is 3.68. The van der Waals surface area contributed by atoms with Crippen molar-refractivity contribution in [3.63, 3.8) is 0 Å². The molecule has 0 unspecified atom stereocenters. The normalized spacial score (nSPS) is 14.3. The summed E-state index contributed by atoms with van der Waals surface area (Å²) >= 11 is 0. The van der Waals surface area contributed by atoms with Gasteiger partial charge in [0.1, 0.15) is 0 Å². The smallest absolute Gasteiger partial charge is 0.251 e. The maximum atomic E-state index is 11.6. The molecular weight excluding hydrogens is 372 g/mol. The topological polar surface area (TPSA) is 46.3 Å². The highest BCUT2D eigenvalue weighted by molar-refractivity contribution is 8.93. The third-order valence-electron chi connectivity index (χ3n) is 3.51. The summed E-state index contributed by atoms with van der Waals surface area (Å²) in [5, 5.41) is 0. The van der Waals surface area contributed by atoms with Gasteiger partial charge in [-0.1, -0.05) is 12.1 Å². The van der Waals surface area contributed by atoms with Crippen LogP contribution in [-0.4, -0.2) is 19.0 Å². The minimum atomic E-state index is -0.313. The van der Waals surface area contributed by atoms with Gasteiger partial charge in [-0.3, -0.25) is 4.79 Å². The predicted molar refractivity (Wildman–Crippen MR) is 91.1 cm³/mol. The maximum absolute atomic E-state index is 11.6. The van der Waals surface area contributed by atoms with Crippen LogP contribution in [0.25, 0.3) is 0 Å². The van der Waals surface area contributed by atoms with E-state index < -0.39 is 0 Å². The van der Waals surface area contributed by atoms with E-state index in [2.05, 4.69) is 17.9 Å². The molecule has 0 spiro atoms. The summed E-state index contributed by atoms with van der Waals surface area (Å²) in [5.74, 6) is -0.313. The Labute approximate surface area is 136 Å². The fourth-order valence-corrected chi connectivity index (χ4v) is 2.63. The average Bonchev–Trinajstić information content (AvgIpc) is 2.32. The number of hydrogen-bond acceptors (Lipinski definition) is 2. The van der Waals surface area contributed by atoms with Crippen molar-refractivity contribution in [3.8, 4) is 0 Å². The van der Waals surface area contributed by atoms with E-state index >= 15 is 0 Å². The number of hydrogen-bond donors (Lipinski definition) is 1. The van der Waals surface area contributed by atoms with Gasteiger partial charge in [0.05, 0.1) is 11.3 Å². The molecule has 0 aliphatic carbocycles. The second-order valence-corrected chi connectivity index (χ2v) is 4.83. The van der Waals surface area contributed by atoms with Crippen LogP contribution in [0.3, 0.4) is 0 Å². The molecule has 0 saturated carbocycles. The molecule has 2 rings (SSSR count). The Morgan fingerprint density at radius 1 is 1.05 bits per heavy atom. The first kappa shape index (κ1) is 18.4. The van der Waals surface area contributed by atoms with Crippen LogP contribution in [0.5, 0.6) is 0 Å². The van der Waals surface area contributed by atoms with Gasteiger partial charge in [0.25, 0.3) is 5.91 Å². The number of nitrogens with two attached hydrogens (primary N) is 1. The Morgan fingerprint density at radius 3 is 2.11 bits per heavy atom. The monoisotopic (exact) mass is 392 g/mol. The van der Waals surface area contributed by atoms with E-state index in [4.69, 9.17) is 5.73 Å². The zero-order chi connectivity index (χ0) is 12.4. The molecular formula is C14H22Br2N2O. The van der Waals surface area contributed by atoms with Gasteiger partial charge in [-0.05, 0) is 44.2 Å². The van der Waals surface area contributed by atoms with Crippen LogP contribution >= 0.6 is 34.0 Å². The van der Waals surface area contributed by atoms with E-state index in [0.29, 0.717) is 5.56 Å². The molecule has 0 bridgehead atoms. The summed E-state index contributed by atoms with van der Waals surface area (Å²) < 4.78 is 0. The van der Waals surface area contributed by atoms with E-state index in [1.165, 1.54) is 19.3 Å². The number of rotatable bonds is 2. The molecule has 5 heteroatoms. The highest BCUT2D eigenvalue weighted by Gasteiger charge is 2.20. The first-order valence-corrected chi connectivity index (χ1v) is 6.26. The highest BCUT2D eigenvalue weighted by atomic mass is 79.9. The maximum Gasteiger partial charge on any atom is 0.251 e. The molecule has 3 nitrogen and oxygen atoms in total. The van der Waals surface area contributed by atoms with E-state index in [-0.39, 0.29) is 39.9 Å². The average molecular weight is 394 g/mol. The Hall–Kier alpha value is -0.550. The molecule has 1 heterocycles. The fourth-order valence-electron chi connectivity index (χ4n) is 2.63. The van der Waals surface area contributed by atoms with Crippen LogP contribution in [0, 0.1) is 13.8 Å². The minimum Gasteiger partial charge on any atom is -0.371 e. The SMILES string of the molecule is Br.Br.Cc1ccc(C)c(N2CCCCC2)c1C(N)=O. The van der Waals surface area contributed by atoms with Gasteiger partial charge in [-0.25, -0.2) is 0 Å². The molecule has 1 aromatic carbocycles. The second kappa shape index (κ2) is 7.90. The van der Waals surface area contributed by atoms with Gasteiger partial charge in [0.2, 0.25) is 0 Å². The zero-order valence-corrected chi connectivity index (χ0v) is 14.9. The molecule has 108 valence electrons. The Balaban J connectivity index is 0.00000162. The number of primary amides is 1. The van der Waals surface area contributed by atoms with Crippen LogP contribution in [0.15, 0.2) is 12.1 Å². The lowest BCUT2D eigenvalue weighted by Gasteiger charge is -2.32. The van der Waals surface area contributed by atoms with Gasteiger partial charge < -0.3 is 10.6 Å². The summed E-state index contributed by atoms with van der Waals surface area (Å²) in [6, 6.07) is 4.05. The Morgan fingerprint density at radius 2 is 1.58 bits per heavy atom.